The molecule has 0 bridgehead atoms. The maximum Gasteiger partial charge on any atom is 0.257 e. The standard InChI is InChI=1S/C23H14Cl6N2O2/c24-12-1-3-15(4-2-12)30-21(32)17-10-16(5-6-18(17)27)31-22(33)20-19(23(20,28)29)11-7-13(25)9-14(26)8-11/h1-10,19-20H,(H,30,32)(H,31,33)/t19-,20+/m1/s1. The molecule has 33 heavy (non-hydrogen) atoms. The maximum absolute atomic E-state index is 12.9. The Morgan fingerprint density at radius 2 is 1.33 bits per heavy atom. The van der Waals surface area contributed by atoms with Gasteiger partial charge in [-0.25, -0.2) is 0 Å². The number of carbonyl (C=O) groups is 2. The number of benzene rings is 3. The number of halogens is 6. The molecule has 2 atom stereocenters. The van der Waals surface area contributed by atoms with E-state index in [1.165, 1.54) is 12.1 Å². The van der Waals surface area contributed by atoms with E-state index in [2.05, 4.69) is 10.6 Å². The highest BCUT2D eigenvalue weighted by atomic mass is 35.5. The van der Waals surface area contributed by atoms with Crippen LogP contribution in [0.15, 0.2) is 60.7 Å². The Hall–Kier alpha value is -1.66. The van der Waals surface area contributed by atoms with E-state index in [0.717, 1.165) is 0 Å². The smallest absolute Gasteiger partial charge is 0.257 e. The van der Waals surface area contributed by atoms with Crippen LogP contribution in [-0.2, 0) is 4.79 Å². The van der Waals surface area contributed by atoms with Crippen molar-refractivity contribution in [2.24, 2.45) is 5.92 Å². The Morgan fingerprint density at radius 3 is 1.97 bits per heavy atom. The molecule has 4 rings (SSSR count). The van der Waals surface area contributed by atoms with Gasteiger partial charge in [-0.15, -0.1) is 23.2 Å². The van der Waals surface area contributed by atoms with Gasteiger partial charge in [-0.05, 0) is 66.2 Å². The van der Waals surface area contributed by atoms with E-state index in [9.17, 15) is 9.59 Å². The van der Waals surface area contributed by atoms with Crippen LogP contribution >= 0.6 is 69.6 Å². The lowest BCUT2D eigenvalue weighted by atomic mass is 10.1. The molecule has 170 valence electrons. The molecule has 0 unspecified atom stereocenters. The predicted molar refractivity (Wildman–Crippen MR) is 137 cm³/mol. The van der Waals surface area contributed by atoms with E-state index in [-0.39, 0.29) is 10.6 Å². The molecular formula is C23H14Cl6N2O2. The topological polar surface area (TPSA) is 58.2 Å². The number of rotatable bonds is 5. The van der Waals surface area contributed by atoms with Crippen molar-refractivity contribution in [3.8, 4) is 0 Å². The van der Waals surface area contributed by atoms with Gasteiger partial charge in [0.2, 0.25) is 5.91 Å². The first-order chi connectivity index (χ1) is 15.6. The van der Waals surface area contributed by atoms with E-state index < -0.39 is 28.0 Å². The minimum absolute atomic E-state index is 0.182. The zero-order valence-corrected chi connectivity index (χ0v) is 21.0. The average molecular weight is 563 g/mol. The van der Waals surface area contributed by atoms with Crippen LogP contribution < -0.4 is 10.6 Å². The fourth-order valence-electron chi connectivity index (χ4n) is 3.55. The summed E-state index contributed by atoms with van der Waals surface area (Å²) in [5, 5.41) is 7.09. The van der Waals surface area contributed by atoms with Gasteiger partial charge in [0.25, 0.3) is 5.91 Å². The van der Waals surface area contributed by atoms with Crippen molar-refractivity contribution >= 4 is 92.8 Å². The van der Waals surface area contributed by atoms with Crippen LogP contribution in [0.2, 0.25) is 20.1 Å². The highest BCUT2D eigenvalue weighted by Gasteiger charge is 2.67. The van der Waals surface area contributed by atoms with Crippen LogP contribution in [0.4, 0.5) is 11.4 Å². The summed E-state index contributed by atoms with van der Waals surface area (Å²) < 4.78 is -1.32. The van der Waals surface area contributed by atoms with Crippen molar-refractivity contribution < 1.29 is 9.59 Å². The molecule has 0 spiro atoms. The molecule has 0 aromatic heterocycles. The molecule has 0 aliphatic heterocycles. The largest absolute Gasteiger partial charge is 0.326 e. The summed E-state index contributed by atoms with van der Waals surface area (Å²) in [6, 6.07) is 16.1. The molecule has 0 radical (unpaired) electrons. The second-order valence-electron chi connectivity index (χ2n) is 7.48. The zero-order valence-electron chi connectivity index (χ0n) is 16.5. The quantitative estimate of drug-likeness (QED) is 0.309. The van der Waals surface area contributed by atoms with E-state index in [1.807, 2.05) is 0 Å². The molecule has 2 amide bonds. The van der Waals surface area contributed by atoms with Crippen LogP contribution in [0, 0.1) is 5.92 Å². The lowest BCUT2D eigenvalue weighted by molar-refractivity contribution is -0.117. The Balaban J connectivity index is 1.50. The molecule has 1 aliphatic rings. The zero-order chi connectivity index (χ0) is 23.9. The summed E-state index contributed by atoms with van der Waals surface area (Å²) in [4.78, 5) is 25.6. The number of anilines is 2. The molecule has 3 aromatic carbocycles. The number of hydrogen-bond donors (Lipinski definition) is 2. The lowest BCUT2D eigenvalue weighted by Crippen LogP contribution is -2.18. The summed E-state index contributed by atoms with van der Waals surface area (Å²) >= 11 is 37.0. The molecule has 1 saturated carbocycles. The van der Waals surface area contributed by atoms with Gasteiger partial charge in [-0.3, -0.25) is 9.59 Å². The van der Waals surface area contributed by atoms with Crippen LogP contribution in [0.25, 0.3) is 0 Å². The molecule has 0 heterocycles. The van der Waals surface area contributed by atoms with E-state index in [1.54, 1.807) is 48.5 Å². The maximum atomic E-state index is 12.9. The highest BCUT2D eigenvalue weighted by Crippen LogP contribution is 2.65. The Labute approximate surface area is 220 Å². The Morgan fingerprint density at radius 1 is 0.727 bits per heavy atom. The monoisotopic (exact) mass is 560 g/mol. The normalized spacial score (nSPS) is 18.5. The average Bonchev–Trinajstić information content (AvgIpc) is 3.32. The third-order valence-corrected chi connectivity index (χ3v) is 7.12. The van der Waals surface area contributed by atoms with E-state index >= 15 is 0 Å². The second-order valence-corrected chi connectivity index (χ2v) is 10.6. The second kappa shape index (κ2) is 9.53. The Kier molecular flexibility index (Phi) is 7.07. The van der Waals surface area contributed by atoms with E-state index in [0.29, 0.717) is 32.0 Å². The van der Waals surface area contributed by atoms with Crippen molar-refractivity contribution in [3.05, 3.63) is 91.9 Å². The van der Waals surface area contributed by atoms with Crippen molar-refractivity contribution in [2.45, 2.75) is 10.3 Å². The number of nitrogens with one attached hydrogen (secondary N) is 2. The van der Waals surface area contributed by atoms with Crippen molar-refractivity contribution in [1.82, 2.24) is 0 Å². The van der Waals surface area contributed by atoms with Crippen LogP contribution in [0.5, 0.6) is 0 Å². The number of amides is 2. The first kappa shape index (κ1) is 24.5. The summed E-state index contributed by atoms with van der Waals surface area (Å²) in [5.41, 5.74) is 1.76. The number of carbonyl (C=O) groups excluding carboxylic acids is 2. The number of alkyl halides is 2. The summed E-state index contributed by atoms with van der Waals surface area (Å²) in [6.07, 6.45) is 0. The van der Waals surface area contributed by atoms with Crippen LogP contribution in [0.3, 0.4) is 0 Å². The number of hydrogen-bond acceptors (Lipinski definition) is 2. The molecule has 1 fully saturated rings. The van der Waals surface area contributed by atoms with Gasteiger partial charge in [0, 0.05) is 32.4 Å². The SMILES string of the molecule is O=C(Nc1ccc(Cl)cc1)c1cc(NC(=O)[C@@H]2[C@@H](c3cc(Cl)cc(Cl)c3)C2(Cl)Cl)ccc1Cl. The Bertz CT molecular complexity index is 1230. The molecule has 3 aromatic rings. The summed E-state index contributed by atoms with van der Waals surface area (Å²) in [7, 11) is 0. The first-order valence-corrected chi connectivity index (χ1v) is 11.8. The van der Waals surface area contributed by atoms with Crippen LogP contribution in [-0.4, -0.2) is 16.1 Å². The fourth-order valence-corrected chi connectivity index (χ4v) is 5.25. The van der Waals surface area contributed by atoms with Crippen molar-refractivity contribution in [1.29, 1.82) is 0 Å². The minimum Gasteiger partial charge on any atom is -0.326 e. The molecular weight excluding hydrogens is 549 g/mol. The molecule has 10 heteroatoms. The summed E-state index contributed by atoms with van der Waals surface area (Å²) in [5.74, 6) is -2.08. The third kappa shape index (κ3) is 5.37. The molecule has 0 saturated heterocycles. The third-order valence-electron chi connectivity index (χ3n) is 5.16. The van der Waals surface area contributed by atoms with Gasteiger partial charge < -0.3 is 10.6 Å². The van der Waals surface area contributed by atoms with Gasteiger partial charge in [0.15, 0.2) is 0 Å². The van der Waals surface area contributed by atoms with Crippen molar-refractivity contribution in [3.63, 3.8) is 0 Å². The van der Waals surface area contributed by atoms with Crippen molar-refractivity contribution in [2.75, 3.05) is 10.6 Å². The first-order valence-electron chi connectivity index (χ1n) is 9.57. The lowest BCUT2D eigenvalue weighted by Gasteiger charge is -2.10. The fraction of sp³-hybridized carbons (Fsp3) is 0.130. The van der Waals surface area contributed by atoms with Gasteiger partial charge in [0.1, 0.15) is 4.33 Å². The molecule has 4 nitrogen and oxygen atoms in total. The van der Waals surface area contributed by atoms with Gasteiger partial charge in [-0.1, -0.05) is 46.4 Å². The highest BCUT2D eigenvalue weighted by molar-refractivity contribution is 6.53. The molecule has 2 N–H and O–H groups in total. The van der Waals surface area contributed by atoms with Gasteiger partial charge >= 0.3 is 0 Å². The predicted octanol–water partition coefficient (Wildman–Crippen LogP) is 8.08. The van der Waals surface area contributed by atoms with E-state index in [4.69, 9.17) is 69.6 Å². The minimum atomic E-state index is -1.32. The molecule has 1 aliphatic carbocycles. The van der Waals surface area contributed by atoms with Gasteiger partial charge in [-0.2, -0.15) is 0 Å². The van der Waals surface area contributed by atoms with Crippen LogP contribution in [0.1, 0.15) is 21.8 Å². The summed E-state index contributed by atoms with van der Waals surface area (Å²) in [6.45, 7) is 0. The van der Waals surface area contributed by atoms with Gasteiger partial charge in [0.05, 0.1) is 16.5 Å².